The van der Waals surface area contributed by atoms with Gasteiger partial charge in [-0.1, -0.05) is 0 Å². The summed E-state index contributed by atoms with van der Waals surface area (Å²) in [5.74, 6) is -1.20. The maximum Gasteiger partial charge on any atom is 0.337 e. The molecule has 0 radical (unpaired) electrons. The first-order valence-electron chi connectivity index (χ1n) is 8.74. The number of hydrogen-bond acceptors (Lipinski definition) is 9. The number of hydrogen-bond donors (Lipinski definition) is 3. The molecular formula is C18H19N5O6S. The number of ether oxygens (including phenoxy) is 1. The Labute approximate surface area is 172 Å². The highest BCUT2D eigenvalue weighted by Crippen LogP contribution is 2.24. The smallest absolute Gasteiger partial charge is 0.337 e. The summed E-state index contributed by atoms with van der Waals surface area (Å²) in [6.07, 6.45) is 2.81. The van der Waals surface area contributed by atoms with Crippen LogP contribution in [-0.2, 0) is 24.3 Å². The van der Waals surface area contributed by atoms with Crippen molar-refractivity contribution in [2.24, 2.45) is 0 Å². The van der Waals surface area contributed by atoms with Gasteiger partial charge in [0.05, 0.1) is 30.7 Å². The Morgan fingerprint density at radius 3 is 2.50 bits per heavy atom. The molecule has 1 aromatic heterocycles. The summed E-state index contributed by atoms with van der Waals surface area (Å²) in [5.41, 5.74) is 0.526. The number of benzene rings is 1. The van der Waals surface area contributed by atoms with Crippen LogP contribution in [-0.4, -0.2) is 67.1 Å². The molecular weight excluding hydrogens is 414 g/mol. The molecule has 0 atom stereocenters. The number of aliphatic hydroxyl groups excluding tert-OH is 1. The number of aliphatic hydroxyl groups is 1. The van der Waals surface area contributed by atoms with Crippen molar-refractivity contribution in [1.82, 2.24) is 14.9 Å². The molecule has 0 bridgehead atoms. The second-order valence-electron chi connectivity index (χ2n) is 6.12. The van der Waals surface area contributed by atoms with Crippen LogP contribution in [0.4, 0.5) is 11.6 Å². The Balaban J connectivity index is 1.80. The zero-order valence-corrected chi connectivity index (χ0v) is 16.7. The average Bonchev–Trinajstić information content (AvgIpc) is 3.04. The summed E-state index contributed by atoms with van der Waals surface area (Å²) in [4.78, 5) is 33.4. The van der Waals surface area contributed by atoms with Gasteiger partial charge in [0.1, 0.15) is 5.70 Å². The topological polar surface area (TPSA) is 151 Å². The highest BCUT2D eigenvalue weighted by molar-refractivity contribution is 7.92. The molecule has 3 N–H and O–H groups in total. The van der Waals surface area contributed by atoms with E-state index in [2.05, 4.69) is 20.0 Å². The summed E-state index contributed by atoms with van der Waals surface area (Å²) in [6, 6.07) is 7.12. The molecule has 1 aliphatic rings. The van der Waals surface area contributed by atoms with Crippen LogP contribution in [0.1, 0.15) is 0 Å². The van der Waals surface area contributed by atoms with E-state index in [1.54, 1.807) is 6.07 Å². The van der Waals surface area contributed by atoms with E-state index < -0.39 is 21.9 Å². The van der Waals surface area contributed by atoms with Gasteiger partial charge in [-0.3, -0.25) is 4.79 Å². The second kappa shape index (κ2) is 8.88. The standard InChI is InChI=1S/C18H19N5O6S/c1-29-17(26)14-11-23(9-10-24)16(25)15(14)21-12-3-5-13(6-4-12)30(27,28)22-18-19-7-2-8-20-18/h2-8,21,24H,9-11H2,1H3,(H,19,20,22). The zero-order valence-electron chi connectivity index (χ0n) is 15.9. The molecule has 0 aliphatic carbocycles. The SMILES string of the molecule is COC(=O)C1=C(Nc2ccc(S(=O)(=O)Nc3ncccn3)cc2)C(=O)N(CCO)C1. The molecule has 3 rings (SSSR count). The predicted octanol–water partition coefficient (Wildman–Crippen LogP) is -0.0491. The predicted molar refractivity (Wildman–Crippen MR) is 106 cm³/mol. The molecule has 30 heavy (non-hydrogen) atoms. The number of rotatable bonds is 8. The molecule has 0 fully saturated rings. The Morgan fingerprint density at radius 2 is 1.90 bits per heavy atom. The number of esters is 1. The van der Waals surface area contributed by atoms with Crippen molar-refractivity contribution in [3.63, 3.8) is 0 Å². The monoisotopic (exact) mass is 433 g/mol. The molecule has 11 nitrogen and oxygen atoms in total. The highest BCUT2D eigenvalue weighted by atomic mass is 32.2. The van der Waals surface area contributed by atoms with Crippen LogP contribution >= 0.6 is 0 Å². The lowest BCUT2D eigenvalue weighted by atomic mass is 10.2. The van der Waals surface area contributed by atoms with Gasteiger partial charge in [0.15, 0.2) is 0 Å². The minimum Gasteiger partial charge on any atom is -0.466 e. The minimum atomic E-state index is -3.90. The maximum absolute atomic E-state index is 12.5. The minimum absolute atomic E-state index is 0.00184. The van der Waals surface area contributed by atoms with Crippen molar-refractivity contribution in [2.75, 3.05) is 36.8 Å². The molecule has 158 valence electrons. The Kier molecular flexibility index (Phi) is 6.28. The van der Waals surface area contributed by atoms with E-state index in [1.165, 1.54) is 48.7 Å². The Hall–Kier alpha value is -3.51. The number of methoxy groups -OCH3 is 1. The van der Waals surface area contributed by atoms with Crippen LogP contribution in [0, 0.1) is 0 Å². The van der Waals surface area contributed by atoms with Crippen LogP contribution in [0.5, 0.6) is 0 Å². The average molecular weight is 433 g/mol. The first kappa shape index (κ1) is 21.2. The third-order valence-corrected chi connectivity index (χ3v) is 5.52. The quantitative estimate of drug-likeness (QED) is 0.487. The van der Waals surface area contributed by atoms with Crippen molar-refractivity contribution in [3.8, 4) is 0 Å². The van der Waals surface area contributed by atoms with Gasteiger partial charge in [0, 0.05) is 24.6 Å². The van der Waals surface area contributed by atoms with Crippen molar-refractivity contribution < 1.29 is 27.9 Å². The van der Waals surface area contributed by atoms with Crippen molar-refractivity contribution in [3.05, 3.63) is 54.0 Å². The fraction of sp³-hybridized carbons (Fsp3) is 0.222. The van der Waals surface area contributed by atoms with Crippen LogP contribution in [0.15, 0.2) is 58.9 Å². The van der Waals surface area contributed by atoms with Crippen molar-refractivity contribution >= 4 is 33.5 Å². The Morgan fingerprint density at radius 1 is 1.23 bits per heavy atom. The van der Waals surface area contributed by atoms with Crippen LogP contribution in [0.25, 0.3) is 0 Å². The van der Waals surface area contributed by atoms with Gasteiger partial charge in [-0.05, 0) is 30.3 Å². The fourth-order valence-corrected chi connectivity index (χ4v) is 3.70. The summed E-state index contributed by atoms with van der Waals surface area (Å²) in [5, 5.41) is 11.9. The number of nitrogens with zero attached hydrogens (tertiary/aromatic N) is 3. The normalized spacial score (nSPS) is 14.1. The first-order valence-corrected chi connectivity index (χ1v) is 10.2. The lowest BCUT2D eigenvalue weighted by Crippen LogP contribution is -2.31. The number of carbonyl (C=O) groups excluding carboxylic acids is 2. The third-order valence-electron chi connectivity index (χ3n) is 4.18. The second-order valence-corrected chi connectivity index (χ2v) is 7.81. The number of nitrogens with one attached hydrogen (secondary N) is 2. The molecule has 0 saturated carbocycles. The number of carbonyl (C=O) groups is 2. The van der Waals surface area contributed by atoms with Crippen LogP contribution in [0.2, 0.25) is 0 Å². The van der Waals surface area contributed by atoms with E-state index in [0.717, 1.165) is 0 Å². The van der Waals surface area contributed by atoms with E-state index in [0.29, 0.717) is 5.69 Å². The summed E-state index contributed by atoms with van der Waals surface area (Å²) < 4.78 is 31.9. The summed E-state index contributed by atoms with van der Waals surface area (Å²) >= 11 is 0. The van der Waals surface area contributed by atoms with Crippen LogP contribution in [0.3, 0.4) is 0 Å². The molecule has 2 heterocycles. The fourth-order valence-electron chi connectivity index (χ4n) is 2.74. The molecule has 1 aliphatic heterocycles. The number of β-amino-alcohol motifs (C(OH)–C–C–N with tert-alkyl or cyclic N) is 1. The third kappa shape index (κ3) is 4.55. The van der Waals surface area contributed by atoms with E-state index in [-0.39, 0.29) is 41.8 Å². The van der Waals surface area contributed by atoms with Crippen molar-refractivity contribution in [1.29, 1.82) is 0 Å². The van der Waals surface area contributed by atoms with Crippen LogP contribution < -0.4 is 10.0 Å². The Bertz CT molecular complexity index is 1070. The lowest BCUT2D eigenvalue weighted by molar-refractivity contribution is -0.136. The molecule has 1 amide bonds. The van der Waals surface area contributed by atoms with E-state index in [9.17, 15) is 18.0 Å². The van der Waals surface area contributed by atoms with Gasteiger partial charge in [-0.2, -0.15) is 0 Å². The number of amides is 1. The summed E-state index contributed by atoms with van der Waals surface area (Å²) in [7, 11) is -2.70. The van der Waals surface area contributed by atoms with E-state index in [1.807, 2.05) is 0 Å². The van der Waals surface area contributed by atoms with Gasteiger partial charge in [0.25, 0.3) is 15.9 Å². The van der Waals surface area contributed by atoms with Gasteiger partial charge in [0.2, 0.25) is 5.95 Å². The van der Waals surface area contributed by atoms with E-state index in [4.69, 9.17) is 9.84 Å². The number of aromatic nitrogens is 2. The molecule has 0 saturated heterocycles. The number of anilines is 2. The highest BCUT2D eigenvalue weighted by Gasteiger charge is 2.34. The van der Waals surface area contributed by atoms with Gasteiger partial charge >= 0.3 is 5.97 Å². The molecule has 0 unspecified atom stereocenters. The number of sulfonamides is 1. The largest absolute Gasteiger partial charge is 0.466 e. The van der Waals surface area contributed by atoms with Gasteiger partial charge < -0.3 is 20.1 Å². The van der Waals surface area contributed by atoms with Gasteiger partial charge in [-0.15, -0.1) is 0 Å². The lowest BCUT2D eigenvalue weighted by Gasteiger charge is -2.15. The molecule has 0 spiro atoms. The van der Waals surface area contributed by atoms with E-state index >= 15 is 0 Å². The molecule has 1 aromatic carbocycles. The summed E-state index contributed by atoms with van der Waals surface area (Å²) in [6.45, 7) is -0.186. The zero-order chi connectivity index (χ0) is 21.7. The first-order chi connectivity index (χ1) is 14.4. The molecule has 12 heteroatoms. The maximum atomic E-state index is 12.5. The van der Waals surface area contributed by atoms with Gasteiger partial charge in [-0.25, -0.2) is 27.9 Å². The van der Waals surface area contributed by atoms with Crippen molar-refractivity contribution in [2.45, 2.75) is 4.90 Å². The molecule has 2 aromatic rings.